The molecular weight excluding hydrogens is 698 g/mol. The number of nitrogens with zero attached hydrogens (tertiary/aromatic N) is 2. The predicted octanol–water partition coefficient (Wildman–Crippen LogP) is 4.51. The monoisotopic (exact) mass is 743 g/mol. The van der Waals surface area contributed by atoms with Gasteiger partial charge in [0.1, 0.15) is 24.4 Å². The van der Waals surface area contributed by atoms with E-state index in [4.69, 9.17) is 14.2 Å². The first-order chi connectivity index (χ1) is 26.6. The highest BCUT2D eigenvalue weighted by Gasteiger charge is 2.55. The zero-order chi connectivity index (χ0) is 39.0. The fourth-order valence-electron chi connectivity index (χ4n) is 6.74. The Hall–Kier alpha value is -5.88. The van der Waals surface area contributed by atoms with Gasteiger partial charge in [0.25, 0.3) is 0 Å². The summed E-state index contributed by atoms with van der Waals surface area (Å²) in [7, 11) is 4.89. The van der Waals surface area contributed by atoms with E-state index in [1.165, 1.54) is 15.9 Å². The summed E-state index contributed by atoms with van der Waals surface area (Å²) in [6, 6.07) is 34.0. The van der Waals surface area contributed by atoms with Crippen LogP contribution in [0.4, 0.5) is 0 Å². The Morgan fingerprint density at radius 3 is 2.04 bits per heavy atom. The maximum Gasteiger partial charge on any atom is 0.338 e. The van der Waals surface area contributed by atoms with Gasteiger partial charge in [-0.25, -0.2) is 4.79 Å². The molecule has 1 fully saturated rings. The zero-order valence-electron chi connectivity index (χ0n) is 31.0. The largest absolute Gasteiger partial charge is 0.456 e. The van der Waals surface area contributed by atoms with Gasteiger partial charge in [-0.05, 0) is 35.4 Å². The summed E-state index contributed by atoms with van der Waals surface area (Å²) >= 11 is 0. The van der Waals surface area contributed by atoms with Crippen LogP contribution in [0.5, 0.6) is 0 Å². The molecule has 0 radical (unpaired) electrons. The number of carbonyl (C=O) groups is 4. The summed E-state index contributed by atoms with van der Waals surface area (Å²) in [4.78, 5) is 56.5. The van der Waals surface area contributed by atoms with Gasteiger partial charge in [-0.15, -0.1) is 0 Å². The second kappa shape index (κ2) is 17.5. The molecule has 1 aliphatic carbocycles. The number of aliphatic hydroxyl groups is 1. The predicted molar refractivity (Wildman–Crippen MR) is 206 cm³/mol. The number of nitrogens with one attached hydrogen (secondary N) is 1. The molecule has 1 aliphatic heterocycles. The molecule has 4 unspecified atom stereocenters. The van der Waals surface area contributed by atoms with Gasteiger partial charge >= 0.3 is 5.97 Å². The third kappa shape index (κ3) is 8.92. The first-order valence-corrected chi connectivity index (χ1v) is 18.2. The van der Waals surface area contributed by atoms with Crippen LogP contribution in [-0.4, -0.2) is 97.2 Å². The number of aliphatic hydroxyl groups excluding tert-OH is 1. The Labute approximate surface area is 320 Å². The molecule has 11 heteroatoms. The van der Waals surface area contributed by atoms with Crippen LogP contribution in [0.25, 0.3) is 6.08 Å². The molecule has 0 spiro atoms. The molecule has 1 saturated heterocycles. The maximum absolute atomic E-state index is 14.4. The lowest BCUT2D eigenvalue weighted by atomic mass is 9.90. The van der Waals surface area contributed by atoms with Gasteiger partial charge in [0, 0.05) is 63.3 Å². The zero-order valence-corrected chi connectivity index (χ0v) is 31.0. The summed E-state index contributed by atoms with van der Waals surface area (Å²) in [5.74, 6) is -3.04. The van der Waals surface area contributed by atoms with Crippen molar-refractivity contribution < 1.29 is 38.5 Å². The van der Waals surface area contributed by atoms with Gasteiger partial charge in [0.05, 0.1) is 12.2 Å². The van der Waals surface area contributed by atoms with E-state index in [-0.39, 0.29) is 37.5 Å². The van der Waals surface area contributed by atoms with Crippen molar-refractivity contribution in [2.45, 2.75) is 43.0 Å². The van der Waals surface area contributed by atoms with E-state index in [0.29, 0.717) is 5.57 Å². The molecule has 2 aliphatic rings. The van der Waals surface area contributed by atoms with Crippen molar-refractivity contribution >= 4 is 29.8 Å². The topological polar surface area (TPSA) is 135 Å². The molecular formula is C44H45N3O8. The molecule has 4 aromatic carbocycles. The number of amides is 3. The molecule has 2 N–H and O–H groups in total. The molecule has 284 valence electrons. The van der Waals surface area contributed by atoms with Crippen molar-refractivity contribution in [2.24, 2.45) is 0 Å². The second-order valence-electron chi connectivity index (χ2n) is 13.7. The van der Waals surface area contributed by atoms with Gasteiger partial charge in [-0.1, -0.05) is 103 Å². The Balaban J connectivity index is 1.33. The number of likely N-dealkylation sites (N-methyl/N-ethyl adjacent to an activating group) is 2. The number of rotatable bonds is 13. The lowest BCUT2D eigenvalue weighted by Gasteiger charge is -2.33. The van der Waals surface area contributed by atoms with Crippen LogP contribution < -0.4 is 5.32 Å². The van der Waals surface area contributed by atoms with Gasteiger partial charge in [0.2, 0.25) is 23.5 Å². The molecule has 0 aromatic heterocycles. The first kappa shape index (κ1) is 38.8. The summed E-state index contributed by atoms with van der Waals surface area (Å²) in [5, 5.41) is 12.1. The normalized spacial score (nSPS) is 19.1. The van der Waals surface area contributed by atoms with Crippen LogP contribution in [-0.2, 0) is 40.8 Å². The van der Waals surface area contributed by atoms with Crippen molar-refractivity contribution in [3.8, 4) is 0 Å². The SMILES string of the molecule is CN(C)C(=O)C=Cc1ccc(C(=O)OC2CC(C(=O)N(C)C(Cc3ccccc3)C(=O)NCCO)=CC3OC(c4ccccc4)(c4ccccc4)OC32)cc1. The highest BCUT2D eigenvalue weighted by Crippen LogP contribution is 2.47. The third-order valence-electron chi connectivity index (χ3n) is 9.70. The van der Waals surface area contributed by atoms with E-state index < -0.39 is 47.9 Å². The van der Waals surface area contributed by atoms with E-state index in [0.717, 1.165) is 22.3 Å². The lowest BCUT2D eigenvalue weighted by molar-refractivity contribution is -0.157. The van der Waals surface area contributed by atoms with E-state index in [1.54, 1.807) is 57.6 Å². The van der Waals surface area contributed by atoms with Crippen LogP contribution >= 0.6 is 0 Å². The standard InChI is InChI=1S/C44H45N3O8/c1-46(2)39(49)24-21-30-19-22-32(23-20-30)43(52)53-37-28-33(42(51)47(3)36(41(50)45-25-26-48)27-31-13-7-4-8-14-31)29-38-40(37)55-44(54-38,34-15-9-5-10-16-34)35-17-11-6-12-18-35/h4-24,29,36-38,40,48H,25-28H2,1-3H3,(H,45,50). The number of ether oxygens (including phenoxy) is 3. The van der Waals surface area contributed by atoms with Gasteiger partial charge in [-0.2, -0.15) is 0 Å². The molecule has 4 aromatic rings. The van der Waals surface area contributed by atoms with E-state index >= 15 is 0 Å². The molecule has 3 amide bonds. The van der Waals surface area contributed by atoms with Gasteiger partial charge in [-0.3, -0.25) is 14.4 Å². The number of carbonyl (C=O) groups excluding carboxylic acids is 4. The van der Waals surface area contributed by atoms with Crippen molar-refractivity contribution in [3.63, 3.8) is 0 Å². The number of benzene rings is 4. The van der Waals surface area contributed by atoms with Crippen molar-refractivity contribution in [1.29, 1.82) is 0 Å². The minimum Gasteiger partial charge on any atom is -0.456 e. The van der Waals surface area contributed by atoms with Gasteiger partial charge < -0.3 is 34.4 Å². The highest BCUT2D eigenvalue weighted by atomic mass is 16.8. The van der Waals surface area contributed by atoms with Crippen molar-refractivity contribution in [3.05, 3.63) is 161 Å². The molecule has 0 saturated carbocycles. The molecule has 1 heterocycles. The molecule has 55 heavy (non-hydrogen) atoms. The molecule has 0 bridgehead atoms. The number of hydrogen-bond donors (Lipinski definition) is 2. The smallest absolute Gasteiger partial charge is 0.338 e. The summed E-state index contributed by atoms with van der Waals surface area (Å²) in [6.07, 6.45) is 2.45. The van der Waals surface area contributed by atoms with Crippen LogP contribution in [0, 0.1) is 0 Å². The van der Waals surface area contributed by atoms with Crippen LogP contribution in [0.15, 0.2) is 133 Å². The number of esters is 1. The van der Waals surface area contributed by atoms with E-state index in [1.807, 2.05) is 91.0 Å². The average Bonchev–Trinajstić information content (AvgIpc) is 3.63. The quantitative estimate of drug-likeness (QED) is 0.151. The van der Waals surface area contributed by atoms with Crippen LogP contribution in [0.3, 0.4) is 0 Å². The second-order valence-corrected chi connectivity index (χ2v) is 13.7. The summed E-state index contributed by atoms with van der Waals surface area (Å²) < 4.78 is 19.9. The lowest BCUT2D eigenvalue weighted by Crippen LogP contribution is -2.51. The highest BCUT2D eigenvalue weighted by molar-refractivity contribution is 5.97. The molecule has 4 atom stereocenters. The van der Waals surface area contributed by atoms with E-state index in [2.05, 4.69) is 5.32 Å². The fraction of sp³-hybridized carbons (Fsp3) is 0.273. The Kier molecular flexibility index (Phi) is 12.4. The third-order valence-corrected chi connectivity index (χ3v) is 9.70. The van der Waals surface area contributed by atoms with Crippen LogP contribution in [0.2, 0.25) is 0 Å². The molecule has 11 nitrogen and oxygen atoms in total. The fourth-order valence-corrected chi connectivity index (χ4v) is 6.74. The Bertz CT molecular complexity index is 1980. The van der Waals surface area contributed by atoms with Gasteiger partial charge in [0.15, 0.2) is 0 Å². The Morgan fingerprint density at radius 1 is 0.855 bits per heavy atom. The average molecular weight is 744 g/mol. The summed E-state index contributed by atoms with van der Waals surface area (Å²) in [6.45, 7) is -0.214. The Morgan fingerprint density at radius 2 is 1.45 bits per heavy atom. The van der Waals surface area contributed by atoms with E-state index in [9.17, 15) is 24.3 Å². The first-order valence-electron chi connectivity index (χ1n) is 18.2. The molecule has 6 rings (SSSR count). The maximum atomic E-state index is 14.4. The summed E-state index contributed by atoms with van der Waals surface area (Å²) in [5.41, 5.74) is 3.58. The number of fused-ring (bicyclic) bond motifs is 1. The van der Waals surface area contributed by atoms with Crippen molar-refractivity contribution in [1.82, 2.24) is 15.1 Å². The minimum absolute atomic E-state index is 0.0110. The number of hydrogen-bond acceptors (Lipinski definition) is 8. The van der Waals surface area contributed by atoms with Crippen molar-refractivity contribution in [2.75, 3.05) is 34.3 Å². The van der Waals surface area contributed by atoms with Crippen LogP contribution in [0.1, 0.15) is 39.0 Å². The minimum atomic E-state index is -1.39.